The molecule has 0 amide bonds. The molecule has 1 aliphatic carbocycles. The van der Waals surface area contributed by atoms with Crippen molar-refractivity contribution >= 4 is 17.4 Å². The first kappa shape index (κ1) is 15.1. The maximum absolute atomic E-state index is 13.5. The van der Waals surface area contributed by atoms with E-state index in [4.69, 9.17) is 11.6 Å². The van der Waals surface area contributed by atoms with E-state index in [-0.39, 0.29) is 5.75 Å². The summed E-state index contributed by atoms with van der Waals surface area (Å²) < 4.78 is 13.5. The van der Waals surface area contributed by atoms with Gasteiger partial charge in [0.2, 0.25) is 0 Å². The molecule has 1 heterocycles. The average Bonchev–Trinajstić information content (AvgIpc) is 2.53. The highest BCUT2D eigenvalue weighted by molar-refractivity contribution is 6.33. The summed E-state index contributed by atoms with van der Waals surface area (Å²) in [5, 5.41) is 13.8. The van der Waals surface area contributed by atoms with Crippen LogP contribution in [0, 0.1) is 5.82 Å². The smallest absolute Gasteiger partial charge is 0.126 e. The Morgan fingerprint density at radius 1 is 1.14 bits per heavy atom. The predicted molar refractivity (Wildman–Crippen MR) is 86.8 cm³/mol. The number of aromatic hydroxyl groups is 1. The van der Waals surface area contributed by atoms with Crippen LogP contribution in [0.25, 0.3) is 11.1 Å². The van der Waals surface area contributed by atoms with Gasteiger partial charge in [-0.25, -0.2) is 9.37 Å². The summed E-state index contributed by atoms with van der Waals surface area (Å²) in [6.45, 7) is 0. The van der Waals surface area contributed by atoms with Gasteiger partial charge < -0.3 is 10.4 Å². The molecule has 1 aliphatic rings. The number of nitrogens with one attached hydrogen (secondary N) is 1. The molecule has 5 heteroatoms. The van der Waals surface area contributed by atoms with E-state index in [1.165, 1.54) is 43.7 Å². The standard InChI is InChI=1S/C17H18ClFN2O/c18-15-10-20-17(21-12-4-2-1-3-5-12)9-13(15)14-8-11(19)6-7-16(14)22/h6-10,12,22H,1-5H2,(H,20,21). The van der Waals surface area contributed by atoms with E-state index in [1.54, 1.807) is 6.07 Å². The van der Waals surface area contributed by atoms with E-state index in [0.29, 0.717) is 28.0 Å². The van der Waals surface area contributed by atoms with Crippen LogP contribution in [0.1, 0.15) is 32.1 Å². The topological polar surface area (TPSA) is 45.1 Å². The molecule has 3 nitrogen and oxygen atoms in total. The van der Waals surface area contributed by atoms with Crippen LogP contribution in [0.5, 0.6) is 5.75 Å². The number of pyridine rings is 1. The van der Waals surface area contributed by atoms with E-state index in [2.05, 4.69) is 10.3 Å². The van der Waals surface area contributed by atoms with Crippen LogP contribution in [-0.2, 0) is 0 Å². The van der Waals surface area contributed by atoms with E-state index in [1.807, 2.05) is 0 Å². The first-order valence-electron chi connectivity index (χ1n) is 7.54. The van der Waals surface area contributed by atoms with Crippen molar-refractivity contribution < 1.29 is 9.50 Å². The quantitative estimate of drug-likeness (QED) is 0.837. The highest BCUT2D eigenvalue weighted by Gasteiger charge is 2.16. The second-order valence-electron chi connectivity index (χ2n) is 5.69. The van der Waals surface area contributed by atoms with Crippen LogP contribution in [0.15, 0.2) is 30.5 Å². The number of benzene rings is 1. The van der Waals surface area contributed by atoms with Gasteiger partial charge in [-0.1, -0.05) is 30.9 Å². The Balaban J connectivity index is 1.90. The van der Waals surface area contributed by atoms with Gasteiger partial charge in [0.15, 0.2) is 0 Å². The molecule has 1 saturated carbocycles. The van der Waals surface area contributed by atoms with Crippen LogP contribution in [0.4, 0.5) is 10.2 Å². The van der Waals surface area contributed by atoms with Crippen molar-refractivity contribution in [1.82, 2.24) is 4.98 Å². The predicted octanol–water partition coefficient (Wildman–Crippen LogP) is 4.99. The lowest BCUT2D eigenvalue weighted by Crippen LogP contribution is -2.22. The first-order chi connectivity index (χ1) is 10.6. The molecule has 1 aromatic heterocycles. The average molecular weight is 321 g/mol. The summed E-state index contributed by atoms with van der Waals surface area (Å²) in [6, 6.07) is 6.01. The summed E-state index contributed by atoms with van der Waals surface area (Å²) >= 11 is 6.17. The third-order valence-electron chi connectivity index (χ3n) is 4.06. The molecule has 116 valence electrons. The van der Waals surface area contributed by atoms with Crippen LogP contribution < -0.4 is 5.32 Å². The lowest BCUT2D eigenvalue weighted by molar-refractivity contribution is 0.462. The van der Waals surface area contributed by atoms with Gasteiger partial charge in [-0.3, -0.25) is 0 Å². The van der Waals surface area contributed by atoms with Crippen LogP contribution in [0.3, 0.4) is 0 Å². The summed E-state index contributed by atoms with van der Waals surface area (Å²) in [7, 11) is 0. The normalized spacial score (nSPS) is 15.7. The lowest BCUT2D eigenvalue weighted by atomic mass is 9.95. The third kappa shape index (κ3) is 3.33. The van der Waals surface area contributed by atoms with Crippen LogP contribution >= 0.6 is 11.6 Å². The number of rotatable bonds is 3. The molecule has 0 saturated heterocycles. The molecule has 22 heavy (non-hydrogen) atoms. The molecule has 0 radical (unpaired) electrons. The molecular formula is C17H18ClFN2O. The number of phenolic OH excluding ortho intramolecular Hbond substituents is 1. The summed E-state index contributed by atoms with van der Waals surface area (Å²) in [4.78, 5) is 4.29. The molecule has 0 bridgehead atoms. The maximum Gasteiger partial charge on any atom is 0.126 e. The summed E-state index contributed by atoms with van der Waals surface area (Å²) in [5.41, 5.74) is 0.950. The summed E-state index contributed by atoms with van der Waals surface area (Å²) in [6.07, 6.45) is 7.53. The molecule has 0 unspecified atom stereocenters. The fourth-order valence-electron chi connectivity index (χ4n) is 2.90. The minimum atomic E-state index is -0.414. The number of aromatic nitrogens is 1. The maximum atomic E-state index is 13.5. The van der Waals surface area contributed by atoms with Crippen molar-refractivity contribution in [1.29, 1.82) is 0 Å². The zero-order valence-corrected chi connectivity index (χ0v) is 12.9. The zero-order valence-electron chi connectivity index (χ0n) is 12.1. The minimum Gasteiger partial charge on any atom is -0.507 e. The Bertz CT molecular complexity index is 672. The molecule has 3 rings (SSSR count). The van der Waals surface area contributed by atoms with E-state index in [0.717, 1.165) is 12.8 Å². The van der Waals surface area contributed by atoms with E-state index in [9.17, 15) is 9.50 Å². The van der Waals surface area contributed by atoms with Crippen molar-refractivity contribution in [3.63, 3.8) is 0 Å². The zero-order chi connectivity index (χ0) is 15.5. The Hall–Kier alpha value is -1.81. The van der Waals surface area contributed by atoms with Gasteiger partial charge in [0, 0.05) is 23.4 Å². The van der Waals surface area contributed by atoms with Crippen LogP contribution in [-0.4, -0.2) is 16.1 Å². The fourth-order valence-corrected chi connectivity index (χ4v) is 3.11. The van der Waals surface area contributed by atoms with Crippen molar-refractivity contribution in [3.05, 3.63) is 41.3 Å². The molecule has 0 spiro atoms. The first-order valence-corrected chi connectivity index (χ1v) is 7.92. The van der Waals surface area contributed by atoms with E-state index >= 15 is 0 Å². The second kappa shape index (κ2) is 6.53. The highest BCUT2D eigenvalue weighted by atomic mass is 35.5. The van der Waals surface area contributed by atoms with Crippen molar-refractivity contribution in [2.45, 2.75) is 38.1 Å². The molecule has 2 aromatic rings. The monoisotopic (exact) mass is 320 g/mol. The molecule has 1 aromatic carbocycles. The van der Waals surface area contributed by atoms with Gasteiger partial charge >= 0.3 is 0 Å². The molecule has 0 atom stereocenters. The van der Waals surface area contributed by atoms with Crippen molar-refractivity contribution in [2.24, 2.45) is 0 Å². The number of phenols is 1. The molecule has 2 N–H and O–H groups in total. The number of hydrogen-bond donors (Lipinski definition) is 2. The Labute approximate surface area is 134 Å². The third-order valence-corrected chi connectivity index (χ3v) is 4.36. The minimum absolute atomic E-state index is 0.00174. The van der Waals surface area contributed by atoms with Crippen LogP contribution in [0.2, 0.25) is 5.02 Å². The van der Waals surface area contributed by atoms with E-state index < -0.39 is 5.82 Å². The SMILES string of the molecule is Oc1ccc(F)cc1-c1cc(NC2CCCCC2)ncc1Cl. The van der Waals surface area contributed by atoms with Crippen molar-refractivity contribution in [3.8, 4) is 16.9 Å². The van der Waals surface area contributed by atoms with Gasteiger partial charge in [-0.2, -0.15) is 0 Å². The second-order valence-corrected chi connectivity index (χ2v) is 6.10. The Morgan fingerprint density at radius 3 is 2.68 bits per heavy atom. The number of nitrogens with zero attached hydrogens (tertiary/aromatic N) is 1. The lowest BCUT2D eigenvalue weighted by Gasteiger charge is -2.23. The number of hydrogen-bond acceptors (Lipinski definition) is 3. The Morgan fingerprint density at radius 2 is 1.91 bits per heavy atom. The number of anilines is 1. The number of halogens is 2. The summed E-state index contributed by atoms with van der Waals surface area (Å²) in [5.74, 6) is 0.288. The fraction of sp³-hybridized carbons (Fsp3) is 0.353. The Kier molecular flexibility index (Phi) is 4.48. The van der Waals surface area contributed by atoms with Crippen molar-refractivity contribution in [2.75, 3.05) is 5.32 Å². The van der Waals surface area contributed by atoms with Gasteiger partial charge in [0.05, 0.1) is 5.02 Å². The largest absolute Gasteiger partial charge is 0.507 e. The molecule has 1 fully saturated rings. The van der Waals surface area contributed by atoms with Gasteiger partial charge in [0.1, 0.15) is 17.4 Å². The van der Waals surface area contributed by atoms with Gasteiger partial charge in [0.25, 0.3) is 0 Å². The van der Waals surface area contributed by atoms with Gasteiger partial charge in [-0.15, -0.1) is 0 Å². The highest BCUT2D eigenvalue weighted by Crippen LogP contribution is 2.36. The molecular weight excluding hydrogens is 303 g/mol. The molecule has 0 aliphatic heterocycles. The van der Waals surface area contributed by atoms with Gasteiger partial charge in [-0.05, 0) is 37.1 Å².